The molecule has 3 aromatic rings. The molecule has 0 unspecified atom stereocenters. The second-order valence-corrected chi connectivity index (χ2v) is 7.86. The van der Waals surface area contributed by atoms with Crippen LogP contribution in [0.3, 0.4) is 0 Å². The summed E-state index contributed by atoms with van der Waals surface area (Å²) in [6, 6.07) is 6.98. The molecule has 2 aromatic heterocycles. The molecular formula is C22H26N6O2. The molecule has 0 bridgehead atoms. The largest absolute Gasteiger partial charge is 0.493 e. The number of benzene rings is 1. The van der Waals surface area contributed by atoms with Crippen LogP contribution in [0.1, 0.15) is 34.6 Å². The number of hydrogen-bond acceptors (Lipinski definition) is 6. The molecule has 1 atom stereocenters. The molecule has 8 heteroatoms. The summed E-state index contributed by atoms with van der Waals surface area (Å²) < 4.78 is 7.55. The fraction of sp³-hybridized carbons (Fsp3) is 0.409. The third-order valence-corrected chi connectivity index (χ3v) is 6.23. The van der Waals surface area contributed by atoms with Gasteiger partial charge in [0, 0.05) is 45.7 Å². The average Bonchev–Trinajstić information content (AvgIpc) is 3.44. The first-order valence-corrected chi connectivity index (χ1v) is 10.4. The molecule has 2 aliphatic heterocycles. The number of ether oxygens (including phenoxy) is 1. The van der Waals surface area contributed by atoms with Gasteiger partial charge in [0.05, 0.1) is 25.2 Å². The standard InChI is InChI=1S/C22H26N6O2/c1-15(17-4-3-16-5-10-30-19(16)11-17)26-6-8-27(9-7-26)21-14-28-18(22(29)23-2)12-24-20(28)13-25-21/h3-4,11-15H,5-10H2,1-2H3,(H,23,29)/t15-/m0/s1. The predicted octanol–water partition coefficient (Wildman–Crippen LogP) is 1.91. The average molecular weight is 406 g/mol. The summed E-state index contributed by atoms with van der Waals surface area (Å²) in [5.74, 6) is 1.75. The Morgan fingerprint density at radius 3 is 2.80 bits per heavy atom. The van der Waals surface area contributed by atoms with Gasteiger partial charge in [0.25, 0.3) is 5.91 Å². The Morgan fingerprint density at radius 2 is 2.00 bits per heavy atom. The van der Waals surface area contributed by atoms with E-state index >= 15 is 0 Å². The summed E-state index contributed by atoms with van der Waals surface area (Å²) in [5.41, 5.74) is 3.80. The van der Waals surface area contributed by atoms with Crippen LogP contribution in [0, 0.1) is 0 Å². The molecule has 8 nitrogen and oxygen atoms in total. The summed E-state index contributed by atoms with van der Waals surface area (Å²) >= 11 is 0. The third kappa shape index (κ3) is 3.27. The fourth-order valence-electron chi connectivity index (χ4n) is 4.33. The van der Waals surface area contributed by atoms with E-state index in [4.69, 9.17) is 4.74 Å². The molecule has 0 radical (unpaired) electrons. The number of carbonyl (C=O) groups is 1. The molecule has 0 spiro atoms. The van der Waals surface area contributed by atoms with Crippen molar-refractivity contribution in [3.05, 3.63) is 53.6 Å². The highest BCUT2D eigenvalue weighted by Gasteiger charge is 2.24. The first kappa shape index (κ1) is 18.9. The smallest absolute Gasteiger partial charge is 0.269 e. The maximum absolute atomic E-state index is 12.1. The fourth-order valence-corrected chi connectivity index (χ4v) is 4.33. The molecule has 1 saturated heterocycles. The van der Waals surface area contributed by atoms with Crippen molar-refractivity contribution in [2.75, 3.05) is 44.7 Å². The summed E-state index contributed by atoms with van der Waals surface area (Å²) in [6.07, 6.45) is 6.23. The Balaban J connectivity index is 1.29. The maximum atomic E-state index is 12.1. The Morgan fingerprint density at radius 1 is 1.17 bits per heavy atom. The quantitative estimate of drug-likeness (QED) is 0.713. The minimum absolute atomic E-state index is 0.156. The van der Waals surface area contributed by atoms with Crippen LogP contribution in [0.2, 0.25) is 0 Å². The van der Waals surface area contributed by atoms with E-state index in [0.717, 1.165) is 50.8 Å². The molecule has 1 fully saturated rings. The molecule has 1 amide bonds. The minimum Gasteiger partial charge on any atom is -0.493 e. The lowest BCUT2D eigenvalue weighted by Crippen LogP contribution is -2.47. The lowest BCUT2D eigenvalue weighted by atomic mass is 10.0. The van der Waals surface area contributed by atoms with Crippen molar-refractivity contribution in [1.29, 1.82) is 0 Å². The number of imidazole rings is 1. The number of carbonyl (C=O) groups excluding carboxylic acids is 1. The summed E-state index contributed by atoms with van der Waals surface area (Å²) in [5, 5.41) is 2.66. The lowest BCUT2D eigenvalue weighted by molar-refractivity contribution is 0.0957. The van der Waals surface area contributed by atoms with Crippen LogP contribution in [-0.4, -0.2) is 65.0 Å². The number of nitrogens with zero attached hydrogens (tertiary/aromatic N) is 5. The third-order valence-electron chi connectivity index (χ3n) is 6.23. The monoisotopic (exact) mass is 406 g/mol. The summed E-state index contributed by atoms with van der Waals surface area (Å²) in [4.78, 5) is 25.7. The first-order chi connectivity index (χ1) is 14.6. The highest BCUT2D eigenvalue weighted by atomic mass is 16.5. The Kier molecular flexibility index (Phi) is 4.78. The van der Waals surface area contributed by atoms with Gasteiger partial charge in [-0.3, -0.25) is 14.1 Å². The number of piperazine rings is 1. The number of nitrogens with one attached hydrogen (secondary N) is 1. The van der Waals surface area contributed by atoms with Crippen LogP contribution in [0.15, 0.2) is 36.8 Å². The van der Waals surface area contributed by atoms with Gasteiger partial charge in [-0.05, 0) is 24.1 Å². The van der Waals surface area contributed by atoms with E-state index in [2.05, 4.69) is 50.2 Å². The molecule has 1 aromatic carbocycles. The van der Waals surface area contributed by atoms with E-state index in [1.807, 2.05) is 6.20 Å². The van der Waals surface area contributed by atoms with Gasteiger partial charge in [0.2, 0.25) is 0 Å². The lowest BCUT2D eigenvalue weighted by Gasteiger charge is -2.38. The van der Waals surface area contributed by atoms with E-state index in [1.54, 1.807) is 23.8 Å². The minimum atomic E-state index is -0.156. The van der Waals surface area contributed by atoms with Crippen molar-refractivity contribution in [2.24, 2.45) is 0 Å². The number of hydrogen-bond donors (Lipinski definition) is 1. The van der Waals surface area contributed by atoms with Gasteiger partial charge in [-0.25, -0.2) is 9.97 Å². The van der Waals surface area contributed by atoms with Crippen molar-refractivity contribution in [3.8, 4) is 5.75 Å². The molecule has 5 rings (SSSR count). The van der Waals surface area contributed by atoms with Gasteiger partial charge < -0.3 is 15.0 Å². The van der Waals surface area contributed by atoms with Crippen LogP contribution < -0.4 is 15.0 Å². The van der Waals surface area contributed by atoms with E-state index in [-0.39, 0.29) is 5.91 Å². The van der Waals surface area contributed by atoms with E-state index < -0.39 is 0 Å². The molecule has 30 heavy (non-hydrogen) atoms. The van der Waals surface area contributed by atoms with Crippen molar-refractivity contribution in [2.45, 2.75) is 19.4 Å². The van der Waals surface area contributed by atoms with Crippen molar-refractivity contribution in [3.63, 3.8) is 0 Å². The molecule has 156 valence electrons. The molecule has 1 N–H and O–H groups in total. The van der Waals surface area contributed by atoms with Crippen LogP contribution in [0.4, 0.5) is 5.82 Å². The number of fused-ring (bicyclic) bond motifs is 2. The van der Waals surface area contributed by atoms with Gasteiger partial charge in [-0.15, -0.1) is 0 Å². The van der Waals surface area contributed by atoms with Crippen LogP contribution >= 0.6 is 0 Å². The predicted molar refractivity (Wildman–Crippen MR) is 114 cm³/mol. The zero-order valence-electron chi connectivity index (χ0n) is 17.3. The van der Waals surface area contributed by atoms with Gasteiger partial charge in [-0.1, -0.05) is 12.1 Å². The second-order valence-electron chi connectivity index (χ2n) is 7.86. The Labute approximate surface area is 175 Å². The van der Waals surface area contributed by atoms with Crippen LogP contribution in [0.25, 0.3) is 5.65 Å². The van der Waals surface area contributed by atoms with E-state index in [0.29, 0.717) is 17.4 Å². The zero-order valence-corrected chi connectivity index (χ0v) is 17.3. The van der Waals surface area contributed by atoms with Gasteiger partial charge in [-0.2, -0.15) is 0 Å². The maximum Gasteiger partial charge on any atom is 0.269 e. The van der Waals surface area contributed by atoms with Gasteiger partial charge in [0.1, 0.15) is 17.3 Å². The van der Waals surface area contributed by atoms with E-state index in [9.17, 15) is 4.79 Å². The Bertz CT molecular complexity index is 1090. The van der Waals surface area contributed by atoms with Crippen molar-refractivity contribution < 1.29 is 9.53 Å². The zero-order chi connectivity index (χ0) is 20.7. The first-order valence-electron chi connectivity index (χ1n) is 10.4. The number of anilines is 1. The van der Waals surface area contributed by atoms with Crippen molar-refractivity contribution >= 4 is 17.4 Å². The number of rotatable bonds is 4. The molecule has 0 aliphatic carbocycles. The van der Waals surface area contributed by atoms with Gasteiger partial charge in [0.15, 0.2) is 5.65 Å². The van der Waals surface area contributed by atoms with Crippen LogP contribution in [0.5, 0.6) is 5.75 Å². The highest BCUT2D eigenvalue weighted by Crippen LogP contribution is 2.31. The van der Waals surface area contributed by atoms with Crippen LogP contribution in [-0.2, 0) is 6.42 Å². The highest BCUT2D eigenvalue weighted by molar-refractivity contribution is 5.93. The molecule has 2 aliphatic rings. The topological polar surface area (TPSA) is 75.0 Å². The summed E-state index contributed by atoms with van der Waals surface area (Å²) in [7, 11) is 1.62. The normalized spacial score (nSPS) is 17.6. The second kappa shape index (κ2) is 7.60. The molecular weight excluding hydrogens is 380 g/mol. The van der Waals surface area contributed by atoms with Crippen molar-refractivity contribution in [1.82, 2.24) is 24.6 Å². The number of aromatic nitrogens is 3. The number of amides is 1. The molecule has 0 saturated carbocycles. The summed E-state index contributed by atoms with van der Waals surface area (Å²) in [6.45, 7) is 6.72. The van der Waals surface area contributed by atoms with Gasteiger partial charge >= 0.3 is 0 Å². The van der Waals surface area contributed by atoms with E-state index in [1.165, 1.54) is 11.1 Å². The Hall–Kier alpha value is -3.13. The SMILES string of the molecule is CNC(=O)c1cnc2cnc(N3CCN([C@@H](C)c4ccc5c(c4)OCC5)CC3)cn12. The molecule has 4 heterocycles.